The second-order valence-electron chi connectivity index (χ2n) is 4.34. The van der Waals surface area contributed by atoms with Gasteiger partial charge < -0.3 is 15.1 Å². The molecule has 0 aliphatic heterocycles. The number of aromatic carboxylic acids is 1. The number of hydrogen-bond donors (Lipinski definition) is 2. The summed E-state index contributed by atoms with van der Waals surface area (Å²) in [5, 5.41) is 18.0. The molecule has 0 bridgehead atoms. The fourth-order valence-corrected chi connectivity index (χ4v) is 1.92. The summed E-state index contributed by atoms with van der Waals surface area (Å²) in [5.41, 5.74) is 1.91. The van der Waals surface area contributed by atoms with Gasteiger partial charge in [-0.15, -0.1) is 0 Å². The number of hydrogen-bond acceptors (Lipinski definition) is 4. The Balaban J connectivity index is 2.17. The standard InChI is InChI=1S/C15H16N2O3/c18-9-8-17(11-12-4-2-1-3-5-12)13-6-7-14(15(19)20)16-10-13/h1-7,10,18H,8-9,11H2,(H,19,20). The maximum Gasteiger partial charge on any atom is 0.354 e. The number of carboxylic acids is 1. The van der Waals surface area contributed by atoms with Gasteiger partial charge in [-0.25, -0.2) is 9.78 Å². The van der Waals surface area contributed by atoms with Crippen LogP contribution in [-0.2, 0) is 6.54 Å². The van der Waals surface area contributed by atoms with E-state index in [-0.39, 0.29) is 12.3 Å². The van der Waals surface area contributed by atoms with E-state index in [1.54, 1.807) is 6.07 Å². The van der Waals surface area contributed by atoms with Crippen LogP contribution in [0.2, 0.25) is 0 Å². The number of rotatable bonds is 6. The molecule has 0 spiro atoms. The highest BCUT2D eigenvalue weighted by Crippen LogP contribution is 2.16. The van der Waals surface area contributed by atoms with E-state index in [1.807, 2.05) is 35.2 Å². The molecule has 2 rings (SSSR count). The Morgan fingerprint density at radius 1 is 1.15 bits per heavy atom. The Kier molecular flexibility index (Phi) is 4.68. The predicted octanol–water partition coefficient (Wildman–Crippen LogP) is 1.78. The zero-order chi connectivity index (χ0) is 14.4. The van der Waals surface area contributed by atoms with Crippen LogP contribution in [0.5, 0.6) is 0 Å². The molecule has 0 aliphatic rings. The van der Waals surface area contributed by atoms with Gasteiger partial charge in [0.2, 0.25) is 0 Å². The van der Waals surface area contributed by atoms with Crippen LogP contribution in [0, 0.1) is 0 Å². The number of aliphatic hydroxyl groups excluding tert-OH is 1. The zero-order valence-corrected chi connectivity index (χ0v) is 10.9. The van der Waals surface area contributed by atoms with E-state index in [4.69, 9.17) is 10.2 Å². The second kappa shape index (κ2) is 6.68. The molecular weight excluding hydrogens is 256 g/mol. The fourth-order valence-electron chi connectivity index (χ4n) is 1.92. The van der Waals surface area contributed by atoms with Crippen molar-refractivity contribution in [3.63, 3.8) is 0 Å². The number of aromatic nitrogens is 1. The van der Waals surface area contributed by atoms with Gasteiger partial charge in [0.1, 0.15) is 5.69 Å². The van der Waals surface area contributed by atoms with Crippen molar-refractivity contribution in [2.45, 2.75) is 6.54 Å². The van der Waals surface area contributed by atoms with Crippen molar-refractivity contribution in [1.82, 2.24) is 4.98 Å². The highest BCUT2D eigenvalue weighted by molar-refractivity contribution is 5.85. The van der Waals surface area contributed by atoms with Crippen molar-refractivity contribution in [2.24, 2.45) is 0 Å². The maximum absolute atomic E-state index is 10.8. The van der Waals surface area contributed by atoms with E-state index < -0.39 is 5.97 Å². The number of pyridine rings is 1. The van der Waals surface area contributed by atoms with Gasteiger partial charge in [-0.1, -0.05) is 30.3 Å². The third kappa shape index (κ3) is 3.55. The van der Waals surface area contributed by atoms with E-state index in [1.165, 1.54) is 12.3 Å². The minimum absolute atomic E-state index is 0.0115. The Morgan fingerprint density at radius 3 is 2.45 bits per heavy atom. The lowest BCUT2D eigenvalue weighted by atomic mass is 10.2. The van der Waals surface area contributed by atoms with Crippen molar-refractivity contribution in [1.29, 1.82) is 0 Å². The fraction of sp³-hybridized carbons (Fsp3) is 0.200. The van der Waals surface area contributed by atoms with Gasteiger partial charge in [0.05, 0.1) is 18.5 Å². The minimum atomic E-state index is -1.05. The van der Waals surface area contributed by atoms with E-state index in [2.05, 4.69) is 4.98 Å². The molecule has 2 N–H and O–H groups in total. The highest BCUT2D eigenvalue weighted by atomic mass is 16.4. The first kappa shape index (κ1) is 14.0. The van der Waals surface area contributed by atoms with Gasteiger partial charge in [-0.3, -0.25) is 0 Å². The van der Waals surface area contributed by atoms with Crippen LogP contribution in [0.4, 0.5) is 5.69 Å². The lowest BCUT2D eigenvalue weighted by Crippen LogP contribution is -2.26. The molecule has 5 nitrogen and oxygen atoms in total. The quantitative estimate of drug-likeness (QED) is 0.838. The molecule has 20 heavy (non-hydrogen) atoms. The third-order valence-electron chi connectivity index (χ3n) is 2.92. The molecule has 1 aromatic carbocycles. The molecule has 0 saturated heterocycles. The molecule has 1 aromatic heterocycles. The average Bonchev–Trinajstić information content (AvgIpc) is 2.48. The van der Waals surface area contributed by atoms with E-state index >= 15 is 0 Å². The van der Waals surface area contributed by atoms with Crippen LogP contribution in [0.1, 0.15) is 16.1 Å². The van der Waals surface area contributed by atoms with Gasteiger partial charge in [0.25, 0.3) is 0 Å². The second-order valence-corrected chi connectivity index (χ2v) is 4.34. The largest absolute Gasteiger partial charge is 0.477 e. The molecule has 0 atom stereocenters. The van der Waals surface area contributed by atoms with Crippen molar-refractivity contribution >= 4 is 11.7 Å². The monoisotopic (exact) mass is 272 g/mol. The van der Waals surface area contributed by atoms with Gasteiger partial charge in [0, 0.05) is 13.1 Å². The Bertz CT molecular complexity index is 555. The van der Waals surface area contributed by atoms with Crippen LogP contribution in [-0.4, -0.2) is 34.3 Å². The van der Waals surface area contributed by atoms with Crippen LogP contribution >= 0.6 is 0 Å². The predicted molar refractivity (Wildman–Crippen MR) is 75.8 cm³/mol. The van der Waals surface area contributed by atoms with Gasteiger partial charge in [-0.2, -0.15) is 0 Å². The third-order valence-corrected chi connectivity index (χ3v) is 2.92. The van der Waals surface area contributed by atoms with E-state index in [9.17, 15) is 4.79 Å². The summed E-state index contributed by atoms with van der Waals surface area (Å²) in [6, 6.07) is 13.0. The number of aliphatic hydroxyl groups is 1. The summed E-state index contributed by atoms with van der Waals surface area (Å²) in [6.45, 7) is 1.12. The Morgan fingerprint density at radius 2 is 1.90 bits per heavy atom. The van der Waals surface area contributed by atoms with Crippen molar-refractivity contribution in [2.75, 3.05) is 18.1 Å². The maximum atomic E-state index is 10.8. The number of carbonyl (C=O) groups is 1. The summed E-state index contributed by atoms with van der Waals surface area (Å²) in [5.74, 6) is -1.05. The van der Waals surface area contributed by atoms with Crippen LogP contribution in [0.3, 0.4) is 0 Å². The lowest BCUT2D eigenvalue weighted by molar-refractivity contribution is 0.0690. The SMILES string of the molecule is O=C(O)c1ccc(N(CCO)Cc2ccccc2)cn1. The molecule has 2 aromatic rings. The summed E-state index contributed by atoms with van der Waals surface area (Å²) in [4.78, 5) is 16.6. The van der Waals surface area contributed by atoms with E-state index in [0.29, 0.717) is 13.1 Å². The zero-order valence-electron chi connectivity index (χ0n) is 10.9. The van der Waals surface area contributed by atoms with Crippen molar-refractivity contribution in [3.8, 4) is 0 Å². The first-order valence-corrected chi connectivity index (χ1v) is 6.30. The van der Waals surface area contributed by atoms with Crippen LogP contribution < -0.4 is 4.90 Å². The minimum Gasteiger partial charge on any atom is -0.477 e. The molecule has 0 aliphatic carbocycles. The van der Waals surface area contributed by atoms with Crippen LogP contribution in [0.15, 0.2) is 48.7 Å². The number of carboxylic acid groups (broad SMARTS) is 1. The summed E-state index contributed by atoms with van der Waals surface area (Å²) >= 11 is 0. The Hall–Kier alpha value is -2.40. The molecular formula is C15H16N2O3. The van der Waals surface area contributed by atoms with Crippen molar-refractivity contribution in [3.05, 3.63) is 59.9 Å². The number of anilines is 1. The molecule has 0 fully saturated rings. The van der Waals surface area contributed by atoms with Gasteiger partial charge in [-0.05, 0) is 17.7 Å². The topological polar surface area (TPSA) is 73.7 Å². The van der Waals surface area contributed by atoms with Gasteiger partial charge >= 0.3 is 5.97 Å². The number of benzene rings is 1. The lowest BCUT2D eigenvalue weighted by Gasteiger charge is -2.23. The smallest absolute Gasteiger partial charge is 0.354 e. The number of nitrogens with zero attached hydrogens (tertiary/aromatic N) is 2. The molecule has 104 valence electrons. The highest BCUT2D eigenvalue weighted by Gasteiger charge is 2.09. The summed E-state index contributed by atoms with van der Waals surface area (Å²) < 4.78 is 0. The molecule has 5 heteroatoms. The molecule has 0 amide bonds. The summed E-state index contributed by atoms with van der Waals surface area (Å²) in [6.07, 6.45) is 1.52. The molecule has 0 radical (unpaired) electrons. The first-order valence-electron chi connectivity index (χ1n) is 6.30. The molecule has 1 heterocycles. The summed E-state index contributed by atoms with van der Waals surface area (Å²) in [7, 11) is 0. The average molecular weight is 272 g/mol. The first-order chi connectivity index (χ1) is 9.70. The molecule has 0 saturated carbocycles. The van der Waals surface area contributed by atoms with Crippen molar-refractivity contribution < 1.29 is 15.0 Å². The normalized spacial score (nSPS) is 10.2. The Labute approximate surface area is 117 Å². The van der Waals surface area contributed by atoms with Crippen LogP contribution in [0.25, 0.3) is 0 Å². The molecule has 0 unspecified atom stereocenters. The van der Waals surface area contributed by atoms with Gasteiger partial charge in [0.15, 0.2) is 0 Å². The van der Waals surface area contributed by atoms with E-state index in [0.717, 1.165) is 11.3 Å².